The van der Waals surface area contributed by atoms with Gasteiger partial charge in [-0.3, -0.25) is 9.48 Å². The van der Waals surface area contributed by atoms with Gasteiger partial charge in [-0.2, -0.15) is 5.10 Å². The molecule has 0 aliphatic carbocycles. The second-order valence-corrected chi connectivity index (χ2v) is 6.25. The Hall–Kier alpha value is -2.10. The average molecular weight is 283 g/mol. The van der Waals surface area contributed by atoms with Gasteiger partial charge in [0.05, 0.1) is 11.7 Å². The molecular formula is C17H21N3O. The zero-order chi connectivity index (χ0) is 15.1. The smallest absolute Gasteiger partial charge is 0.270 e. The Kier molecular flexibility index (Phi) is 3.32. The highest BCUT2D eigenvalue weighted by atomic mass is 16.2. The van der Waals surface area contributed by atoms with Crippen molar-refractivity contribution in [1.82, 2.24) is 15.1 Å². The summed E-state index contributed by atoms with van der Waals surface area (Å²) in [6.07, 6.45) is 0.889. The fraction of sp³-hybridized carbons (Fsp3) is 0.412. The van der Waals surface area contributed by atoms with E-state index in [0.717, 1.165) is 23.2 Å². The first kappa shape index (κ1) is 13.9. The van der Waals surface area contributed by atoms with Crippen molar-refractivity contribution in [2.75, 3.05) is 0 Å². The Bertz CT molecular complexity index is 683. The molecule has 2 aromatic rings. The van der Waals surface area contributed by atoms with Crippen LogP contribution in [0.1, 0.15) is 52.8 Å². The largest absolute Gasteiger partial charge is 0.340 e. The van der Waals surface area contributed by atoms with Crippen LogP contribution in [0.4, 0.5) is 0 Å². The van der Waals surface area contributed by atoms with E-state index in [1.54, 1.807) is 4.68 Å². The van der Waals surface area contributed by atoms with Gasteiger partial charge in [-0.25, -0.2) is 0 Å². The highest BCUT2D eigenvalue weighted by Crippen LogP contribution is 2.34. The van der Waals surface area contributed by atoms with Crippen molar-refractivity contribution >= 4 is 5.91 Å². The third kappa shape index (κ3) is 2.35. The van der Waals surface area contributed by atoms with Gasteiger partial charge in [0.2, 0.25) is 0 Å². The third-order valence-electron chi connectivity index (χ3n) is 3.95. The normalized spacial score (nSPS) is 17.2. The molecule has 1 amide bonds. The van der Waals surface area contributed by atoms with Gasteiger partial charge >= 0.3 is 0 Å². The number of nitrogens with one attached hydrogen (secondary N) is 1. The van der Waals surface area contributed by atoms with Crippen LogP contribution in [0.15, 0.2) is 24.3 Å². The van der Waals surface area contributed by atoms with Crippen LogP contribution in [0, 0.1) is 12.8 Å². The molecule has 21 heavy (non-hydrogen) atoms. The molecule has 4 heteroatoms. The maximum absolute atomic E-state index is 12.3. The van der Waals surface area contributed by atoms with E-state index in [9.17, 15) is 4.79 Å². The van der Waals surface area contributed by atoms with Crippen molar-refractivity contribution in [2.24, 2.45) is 13.0 Å². The second-order valence-electron chi connectivity index (χ2n) is 6.25. The molecule has 1 N–H and O–H groups in total. The Morgan fingerprint density at radius 2 is 1.95 bits per heavy atom. The van der Waals surface area contributed by atoms with Crippen LogP contribution in [0.2, 0.25) is 0 Å². The molecule has 0 radical (unpaired) electrons. The highest BCUT2D eigenvalue weighted by molar-refractivity contribution is 5.98. The maximum Gasteiger partial charge on any atom is 0.270 e. The van der Waals surface area contributed by atoms with E-state index in [4.69, 9.17) is 0 Å². The number of carbonyl (C=O) groups excluding carboxylic acids is 1. The fourth-order valence-electron chi connectivity index (χ4n) is 2.99. The molecule has 4 nitrogen and oxygen atoms in total. The Morgan fingerprint density at radius 3 is 2.57 bits per heavy atom. The summed E-state index contributed by atoms with van der Waals surface area (Å²) in [5, 5.41) is 7.66. The summed E-state index contributed by atoms with van der Waals surface area (Å²) < 4.78 is 1.72. The standard InChI is InChI=1S/C17H21N3O/c1-10(2)9-13-14-15(12-7-5-11(3)6-8-12)18-17(21)16(14)20(4)19-13/h5-8,10,15H,9H2,1-4H3,(H,18,21). The molecular weight excluding hydrogens is 262 g/mol. The van der Waals surface area contributed by atoms with E-state index in [2.05, 4.69) is 55.5 Å². The van der Waals surface area contributed by atoms with Crippen molar-refractivity contribution in [3.8, 4) is 0 Å². The minimum Gasteiger partial charge on any atom is -0.340 e. The summed E-state index contributed by atoms with van der Waals surface area (Å²) in [5.41, 5.74) is 5.13. The van der Waals surface area contributed by atoms with Crippen LogP contribution in [-0.4, -0.2) is 15.7 Å². The number of fused-ring (bicyclic) bond motifs is 1. The van der Waals surface area contributed by atoms with Crippen molar-refractivity contribution < 1.29 is 4.79 Å². The molecule has 1 aromatic carbocycles. The first-order valence-corrected chi connectivity index (χ1v) is 7.40. The number of rotatable bonds is 3. The lowest BCUT2D eigenvalue weighted by Gasteiger charge is -2.14. The zero-order valence-electron chi connectivity index (χ0n) is 13.0. The predicted octanol–water partition coefficient (Wildman–Crippen LogP) is 2.76. The van der Waals surface area contributed by atoms with Gasteiger partial charge in [0.1, 0.15) is 5.69 Å². The van der Waals surface area contributed by atoms with Gasteiger partial charge in [-0.05, 0) is 24.8 Å². The zero-order valence-corrected chi connectivity index (χ0v) is 13.0. The van der Waals surface area contributed by atoms with Crippen LogP contribution in [-0.2, 0) is 13.5 Å². The van der Waals surface area contributed by atoms with E-state index >= 15 is 0 Å². The number of aryl methyl sites for hydroxylation is 2. The quantitative estimate of drug-likeness (QED) is 0.941. The van der Waals surface area contributed by atoms with Gasteiger partial charge in [0.25, 0.3) is 5.91 Å². The van der Waals surface area contributed by atoms with Crippen molar-refractivity contribution in [2.45, 2.75) is 33.2 Å². The number of amides is 1. The van der Waals surface area contributed by atoms with Gasteiger partial charge in [-0.15, -0.1) is 0 Å². The molecule has 3 rings (SSSR count). The summed E-state index contributed by atoms with van der Waals surface area (Å²) in [6, 6.07) is 8.26. The van der Waals surface area contributed by atoms with Crippen LogP contribution >= 0.6 is 0 Å². The van der Waals surface area contributed by atoms with Crippen LogP contribution in [0.5, 0.6) is 0 Å². The first-order chi connectivity index (χ1) is 9.97. The van der Waals surface area contributed by atoms with Crippen molar-refractivity contribution in [3.63, 3.8) is 0 Å². The van der Waals surface area contributed by atoms with Crippen molar-refractivity contribution in [1.29, 1.82) is 0 Å². The minimum atomic E-state index is -0.0736. The number of aromatic nitrogens is 2. The average Bonchev–Trinajstić information content (AvgIpc) is 2.91. The third-order valence-corrected chi connectivity index (χ3v) is 3.95. The monoisotopic (exact) mass is 283 g/mol. The summed E-state index contributed by atoms with van der Waals surface area (Å²) in [5.74, 6) is 0.485. The molecule has 110 valence electrons. The Labute approximate surface area is 125 Å². The van der Waals surface area contributed by atoms with E-state index in [-0.39, 0.29) is 11.9 Å². The molecule has 0 fully saturated rings. The maximum atomic E-state index is 12.3. The SMILES string of the molecule is Cc1ccc(C2NC(=O)c3c2c(CC(C)C)nn3C)cc1. The molecule has 0 bridgehead atoms. The van der Waals surface area contributed by atoms with E-state index in [1.165, 1.54) is 5.56 Å². The fourth-order valence-corrected chi connectivity index (χ4v) is 2.99. The minimum absolute atomic E-state index is 0.0272. The predicted molar refractivity (Wildman–Crippen MR) is 82.2 cm³/mol. The first-order valence-electron chi connectivity index (χ1n) is 7.40. The lowest BCUT2D eigenvalue weighted by Crippen LogP contribution is -2.22. The molecule has 1 atom stereocenters. The molecule has 0 spiro atoms. The summed E-state index contributed by atoms with van der Waals surface area (Å²) in [6.45, 7) is 6.41. The lowest BCUT2D eigenvalue weighted by atomic mass is 9.95. The van der Waals surface area contributed by atoms with Crippen LogP contribution in [0.25, 0.3) is 0 Å². The van der Waals surface area contributed by atoms with Gasteiger partial charge in [0.15, 0.2) is 0 Å². The summed E-state index contributed by atoms with van der Waals surface area (Å²) >= 11 is 0. The molecule has 1 aliphatic rings. The van der Waals surface area contributed by atoms with Gasteiger partial charge in [0, 0.05) is 12.6 Å². The molecule has 1 aliphatic heterocycles. The lowest BCUT2D eigenvalue weighted by molar-refractivity contribution is 0.0951. The Morgan fingerprint density at radius 1 is 1.29 bits per heavy atom. The van der Waals surface area contributed by atoms with Crippen LogP contribution < -0.4 is 5.32 Å². The van der Waals surface area contributed by atoms with Gasteiger partial charge < -0.3 is 5.32 Å². The van der Waals surface area contributed by atoms with Crippen molar-refractivity contribution in [3.05, 3.63) is 52.3 Å². The number of nitrogens with zero attached hydrogens (tertiary/aromatic N) is 2. The summed E-state index contributed by atoms with van der Waals surface area (Å²) in [7, 11) is 1.85. The van der Waals surface area contributed by atoms with E-state index in [1.807, 2.05) is 7.05 Å². The van der Waals surface area contributed by atoms with E-state index < -0.39 is 0 Å². The molecule has 1 unspecified atom stereocenters. The molecule has 1 aromatic heterocycles. The molecule has 0 saturated heterocycles. The number of hydrogen-bond acceptors (Lipinski definition) is 2. The van der Waals surface area contributed by atoms with E-state index in [0.29, 0.717) is 11.6 Å². The van der Waals surface area contributed by atoms with Crippen LogP contribution in [0.3, 0.4) is 0 Å². The second kappa shape index (κ2) is 5.02. The number of carbonyl (C=O) groups is 1. The topological polar surface area (TPSA) is 46.9 Å². The highest BCUT2D eigenvalue weighted by Gasteiger charge is 2.36. The molecule has 0 saturated carbocycles. The summed E-state index contributed by atoms with van der Waals surface area (Å²) in [4.78, 5) is 12.3. The van der Waals surface area contributed by atoms with Gasteiger partial charge in [-0.1, -0.05) is 43.7 Å². The number of hydrogen-bond donors (Lipinski definition) is 1. The Balaban J connectivity index is 2.08. The molecule has 2 heterocycles. The number of benzene rings is 1.